The molecule has 3 nitrogen and oxygen atoms in total. The van der Waals surface area contributed by atoms with Crippen molar-refractivity contribution in [2.24, 2.45) is 4.99 Å². The van der Waals surface area contributed by atoms with Gasteiger partial charge in [0.15, 0.2) is 0 Å². The molecule has 0 aliphatic carbocycles. The molecular weight excluding hydrogens is 164 g/mol. The van der Waals surface area contributed by atoms with Crippen LogP contribution in [-0.2, 0) is 0 Å². The van der Waals surface area contributed by atoms with Gasteiger partial charge in [0.2, 0.25) is 5.88 Å². The summed E-state index contributed by atoms with van der Waals surface area (Å²) in [5.74, 6) is 0.861. The van der Waals surface area contributed by atoms with Gasteiger partial charge >= 0.3 is 0 Å². The summed E-state index contributed by atoms with van der Waals surface area (Å²) in [7, 11) is 0. The van der Waals surface area contributed by atoms with Crippen molar-refractivity contribution < 1.29 is 5.11 Å². The van der Waals surface area contributed by atoms with Gasteiger partial charge in [-0.15, -0.1) is 0 Å². The molecule has 0 amide bonds. The van der Waals surface area contributed by atoms with Gasteiger partial charge in [-0.3, -0.25) is 4.99 Å². The number of aliphatic hydroxyl groups excluding tert-OH is 1. The summed E-state index contributed by atoms with van der Waals surface area (Å²) >= 11 is 5.59. The number of aliphatic imine (C=N–C) groups is 1. The van der Waals surface area contributed by atoms with Gasteiger partial charge in [-0.2, -0.15) is 0 Å². The van der Waals surface area contributed by atoms with Crippen LogP contribution in [0.25, 0.3) is 0 Å². The van der Waals surface area contributed by atoms with E-state index in [1.807, 2.05) is 0 Å². The third-order valence-corrected chi connectivity index (χ3v) is 1.71. The number of rotatable bonds is 2. The second-order valence-electron chi connectivity index (χ2n) is 2.39. The molecule has 1 rings (SSSR count). The Morgan fingerprint density at radius 2 is 2.45 bits per heavy atom. The van der Waals surface area contributed by atoms with Crippen LogP contribution in [0.1, 0.15) is 19.8 Å². The molecule has 1 aliphatic heterocycles. The molecule has 0 atom stereocenters. The van der Waals surface area contributed by atoms with Crippen LogP contribution >= 0.6 is 11.6 Å². The minimum absolute atomic E-state index is 0.0464. The highest BCUT2D eigenvalue weighted by Crippen LogP contribution is 2.10. The highest BCUT2D eigenvalue weighted by Gasteiger charge is 2.10. The van der Waals surface area contributed by atoms with E-state index in [0.29, 0.717) is 11.6 Å². The lowest BCUT2D eigenvalue weighted by atomic mass is 10.3. The quantitative estimate of drug-likeness (QED) is 0.670. The normalized spacial score (nSPS) is 17.8. The Morgan fingerprint density at radius 3 is 3.00 bits per heavy atom. The SMILES string of the molecule is CCCC1=NCC(Cl)=C(O)N1. The smallest absolute Gasteiger partial charge is 0.206 e. The number of hydrogen-bond donors (Lipinski definition) is 2. The summed E-state index contributed by atoms with van der Waals surface area (Å²) < 4.78 is 0. The maximum atomic E-state index is 9.13. The Kier molecular flexibility index (Phi) is 2.76. The lowest BCUT2D eigenvalue weighted by Gasteiger charge is -2.13. The molecule has 0 saturated carbocycles. The van der Waals surface area contributed by atoms with E-state index in [1.54, 1.807) is 0 Å². The molecule has 0 fully saturated rings. The minimum atomic E-state index is 0.0464. The fourth-order valence-corrected chi connectivity index (χ4v) is 0.969. The van der Waals surface area contributed by atoms with Crippen LogP contribution in [0.15, 0.2) is 15.9 Å². The zero-order valence-corrected chi connectivity index (χ0v) is 7.15. The van der Waals surface area contributed by atoms with Crippen molar-refractivity contribution in [1.29, 1.82) is 0 Å². The Morgan fingerprint density at radius 1 is 1.73 bits per heavy atom. The van der Waals surface area contributed by atoms with E-state index in [0.717, 1.165) is 18.7 Å². The van der Waals surface area contributed by atoms with Crippen molar-refractivity contribution in [2.75, 3.05) is 6.54 Å². The van der Waals surface area contributed by atoms with Crippen molar-refractivity contribution in [1.82, 2.24) is 5.32 Å². The fourth-order valence-electron chi connectivity index (χ4n) is 0.862. The molecular formula is C7H11ClN2O. The van der Waals surface area contributed by atoms with Crippen LogP contribution < -0.4 is 5.32 Å². The standard InChI is InChI=1S/C7H11ClN2O/c1-2-3-6-9-4-5(8)7(11)10-6/h11H,2-4H2,1H3,(H,9,10). The van der Waals surface area contributed by atoms with Crippen molar-refractivity contribution >= 4 is 17.4 Å². The molecule has 4 heteroatoms. The first kappa shape index (κ1) is 8.40. The Balaban J connectivity index is 2.52. The second kappa shape index (κ2) is 3.62. The molecule has 0 aromatic carbocycles. The van der Waals surface area contributed by atoms with Crippen LogP contribution in [-0.4, -0.2) is 17.5 Å². The van der Waals surface area contributed by atoms with E-state index < -0.39 is 0 Å². The van der Waals surface area contributed by atoms with E-state index in [-0.39, 0.29) is 5.88 Å². The van der Waals surface area contributed by atoms with E-state index in [4.69, 9.17) is 16.7 Å². The fraction of sp³-hybridized carbons (Fsp3) is 0.571. The zero-order chi connectivity index (χ0) is 8.27. The van der Waals surface area contributed by atoms with E-state index in [1.165, 1.54) is 0 Å². The predicted octanol–water partition coefficient (Wildman–Crippen LogP) is 1.75. The Bertz CT molecular complexity index is 210. The number of hydrogen-bond acceptors (Lipinski definition) is 3. The summed E-state index contributed by atoms with van der Waals surface area (Å²) in [5, 5.41) is 12.2. The number of halogens is 1. The number of nitrogens with zero attached hydrogens (tertiary/aromatic N) is 1. The van der Waals surface area contributed by atoms with Gasteiger partial charge in [-0.05, 0) is 6.42 Å². The van der Waals surface area contributed by atoms with Gasteiger partial charge in [0.1, 0.15) is 5.84 Å². The minimum Gasteiger partial charge on any atom is -0.494 e. The maximum Gasteiger partial charge on any atom is 0.206 e. The largest absolute Gasteiger partial charge is 0.494 e. The number of amidine groups is 1. The summed E-state index contributed by atoms with van der Waals surface area (Å²) in [6.45, 7) is 2.46. The molecule has 0 aromatic heterocycles. The monoisotopic (exact) mass is 174 g/mol. The molecule has 2 N–H and O–H groups in total. The molecule has 0 saturated heterocycles. The lowest BCUT2D eigenvalue weighted by molar-refractivity contribution is 0.380. The number of nitrogens with one attached hydrogen (secondary N) is 1. The van der Waals surface area contributed by atoms with Gasteiger partial charge in [0.05, 0.1) is 11.6 Å². The summed E-state index contributed by atoms with van der Waals surface area (Å²) in [6, 6.07) is 0. The topological polar surface area (TPSA) is 44.6 Å². The van der Waals surface area contributed by atoms with Crippen LogP contribution in [0.3, 0.4) is 0 Å². The highest BCUT2D eigenvalue weighted by atomic mass is 35.5. The molecule has 0 spiro atoms. The molecule has 0 bridgehead atoms. The van der Waals surface area contributed by atoms with E-state index >= 15 is 0 Å². The Hall–Kier alpha value is -0.700. The summed E-state index contributed by atoms with van der Waals surface area (Å²) in [4.78, 5) is 4.11. The molecule has 11 heavy (non-hydrogen) atoms. The summed E-state index contributed by atoms with van der Waals surface area (Å²) in [5.41, 5.74) is 0. The van der Waals surface area contributed by atoms with E-state index in [9.17, 15) is 0 Å². The predicted molar refractivity (Wildman–Crippen MR) is 45.9 cm³/mol. The van der Waals surface area contributed by atoms with Crippen molar-refractivity contribution in [3.05, 3.63) is 10.9 Å². The van der Waals surface area contributed by atoms with Crippen molar-refractivity contribution in [2.45, 2.75) is 19.8 Å². The van der Waals surface area contributed by atoms with E-state index in [2.05, 4.69) is 17.2 Å². The van der Waals surface area contributed by atoms with Crippen molar-refractivity contribution in [3.63, 3.8) is 0 Å². The van der Waals surface area contributed by atoms with Crippen LogP contribution in [0.2, 0.25) is 0 Å². The van der Waals surface area contributed by atoms with Crippen LogP contribution in [0.4, 0.5) is 0 Å². The first-order valence-corrected chi connectivity index (χ1v) is 3.99. The van der Waals surface area contributed by atoms with Crippen LogP contribution in [0.5, 0.6) is 0 Å². The average molecular weight is 175 g/mol. The zero-order valence-electron chi connectivity index (χ0n) is 6.39. The van der Waals surface area contributed by atoms with Gasteiger partial charge < -0.3 is 10.4 Å². The molecule has 0 radical (unpaired) electrons. The molecule has 1 aliphatic rings. The molecule has 0 aromatic rings. The maximum absolute atomic E-state index is 9.13. The first-order chi connectivity index (χ1) is 5.24. The van der Waals surface area contributed by atoms with Crippen LogP contribution in [0, 0.1) is 0 Å². The van der Waals surface area contributed by atoms with Gasteiger partial charge in [-0.1, -0.05) is 18.5 Å². The van der Waals surface area contributed by atoms with Crippen molar-refractivity contribution in [3.8, 4) is 0 Å². The average Bonchev–Trinajstić information content (AvgIpc) is 1.98. The van der Waals surface area contributed by atoms with Gasteiger partial charge in [-0.25, -0.2) is 0 Å². The molecule has 62 valence electrons. The highest BCUT2D eigenvalue weighted by molar-refractivity contribution is 6.30. The third-order valence-electron chi connectivity index (χ3n) is 1.42. The number of aliphatic hydroxyl groups is 1. The Labute approximate surface area is 70.8 Å². The molecule has 0 unspecified atom stereocenters. The van der Waals surface area contributed by atoms with Gasteiger partial charge in [0, 0.05) is 6.42 Å². The first-order valence-electron chi connectivity index (χ1n) is 3.62. The van der Waals surface area contributed by atoms with Gasteiger partial charge in [0.25, 0.3) is 0 Å². The summed E-state index contributed by atoms with van der Waals surface area (Å²) in [6.07, 6.45) is 1.87. The second-order valence-corrected chi connectivity index (χ2v) is 2.85. The lowest BCUT2D eigenvalue weighted by Crippen LogP contribution is -2.27. The molecule has 1 heterocycles. The third kappa shape index (κ3) is 2.12.